The van der Waals surface area contributed by atoms with Crippen molar-refractivity contribution >= 4 is 0 Å². The van der Waals surface area contributed by atoms with Gasteiger partial charge in [-0.1, -0.05) is 0 Å². The van der Waals surface area contributed by atoms with Gasteiger partial charge in [0.15, 0.2) is 0 Å². The molecule has 128 heteroatoms. The van der Waals surface area contributed by atoms with E-state index in [0.717, 1.165) is 0 Å². The van der Waals surface area contributed by atoms with E-state index in [1.54, 1.807) is 0 Å². The quantitative estimate of drug-likeness (QED) is 0.321. The van der Waals surface area contributed by atoms with Crippen LogP contribution in [0.1, 0.15) is 0 Å². The maximum atomic E-state index is 0. The summed E-state index contributed by atoms with van der Waals surface area (Å²) >= 11 is 0. The van der Waals surface area contributed by atoms with Crippen LogP contribution in [0, 0.1) is 4940 Å². The maximum Gasteiger partial charge on any atom is 0 e. The average molecular weight is 20300 g/mol. The van der Waals surface area contributed by atoms with Crippen LogP contribution in [-0.2, 0) is 0 Å². The Morgan fingerprint density at radius 1 is 0.00781 bits per heavy atom. The molecule has 0 aliphatic carbocycles. The number of rotatable bonds is 0. The zero-order valence-electron chi connectivity index (χ0n) is 42.7. The Morgan fingerprint density at radius 2 is 0.00781 bits per heavy atom. The smallest absolute Gasteiger partial charge is 0 e. The van der Waals surface area contributed by atoms with Crippen LogP contribution in [0.2, 0.25) is 0 Å². The van der Waals surface area contributed by atoms with Crippen molar-refractivity contribution in [1.82, 2.24) is 0 Å². The molecule has 0 spiro atoms. The molecular formula is Tb128. The first-order chi connectivity index (χ1) is 0. The summed E-state index contributed by atoms with van der Waals surface area (Å²) in [6.45, 7) is 0. The third-order valence-electron chi connectivity index (χ3n) is 0. The first-order valence-corrected chi connectivity index (χ1v) is 0. The van der Waals surface area contributed by atoms with E-state index in [2.05, 4.69) is 0 Å². The summed E-state index contributed by atoms with van der Waals surface area (Å²) in [5.74, 6) is 0. The van der Waals surface area contributed by atoms with E-state index in [0.29, 0.717) is 0 Å². The van der Waals surface area contributed by atoms with Gasteiger partial charge >= 0.3 is 0 Å². The molecule has 0 aromatic carbocycles. The van der Waals surface area contributed by atoms with Crippen LogP contribution in [0.3, 0.4) is 0 Å². The van der Waals surface area contributed by atoms with Crippen LogP contribution in [0.5, 0.6) is 0 Å². The zero-order valence-corrected chi connectivity index (χ0v) is 316. The molecule has 0 saturated carbocycles. The Labute approximate surface area is 4730 Å². The molecule has 0 aliphatic rings. The van der Waals surface area contributed by atoms with Gasteiger partial charge in [-0.25, -0.2) is 0 Å². The summed E-state index contributed by atoms with van der Waals surface area (Å²) < 4.78 is 0. The Balaban J connectivity index is 0. The summed E-state index contributed by atoms with van der Waals surface area (Å²) in [6.07, 6.45) is 0. The molecule has 0 unspecified atom stereocenters. The third kappa shape index (κ3) is 900. The minimum Gasteiger partial charge on any atom is 0 e. The molecule has 128 heavy (non-hydrogen) atoms. The van der Waals surface area contributed by atoms with Crippen LogP contribution in [0.25, 0.3) is 0 Å². The molecular weight excluding hydrogens is 20300 g/mol. The van der Waals surface area contributed by atoms with Gasteiger partial charge in [0.25, 0.3) is 0 Å². The van der Waals surface area contributed by atoms with Crippen LogP contribution in [0.15, 0.2) is 0 Å². The van der Waals surface area contributed by atoms with Gasteiger partial charge in [-0.2, -0.15) is 0 Å². The second kappa shape index (κ2) is 909. The van der Waals surface area contributed by atoms with Crippen molar-refractivity contribution in [2.24, 2.45) is 0 Å². The summed E-state index contributed by atoms with van der Waals surface area (Å²) in [5, 5.41) is 0. The van der Waals surface area contributed by atoms with Gasteiger partial charge in [-0.15, -0.1) is 0 Å². The van der Waals surface area contributed by atoms with Crippen LogP contribution in [0.4, 0.5) is 0 Å². The van der Waals surface area contributed by atoms with Crippen LogP contribution < -0.4 is 0 Å². The van der Waals surface area contributed by atoms with Gasteiger partial charge in [0.1, 0.15) is 0 Å². The molecule has 0 aromatic heterocycles. The van der Waals surface area contributed by atoms with Crippen molar-refractivity contribution in [3.05, 3.63) is 0 Å². The van der Waals surface area contributed by atoms with Gasteiger partial charge in [0.2, 0.25) is 0 Å². The van der Waals surface area contributed by atoms with Crippen molar-refractivity contribution in [1.29, 1.82) is 0 Å². The molecule has 0 fully saturated rings. The molecule has 0 rings (SSSR count). The molecule has 0 saturated heterocycles. The van der Waals surface area contributed by atoms with E-state index in [4.69, 9.17) is 0 Å². The van der Waals surface area contributed by atoms with Crippen molar-refractivity contribution in [2.75, 3.05) is 0 Å². The van der Waals surface area contributed by atoms with Gasteiger partial charge < -0.3 is 0 Å². The molecule has 1152 valence electrons. The normalized spacial score (nSPS) is 0. The van der Waals surface area contributed by atoms with Crippen molar-refractivity contribution < 1.29 is 4940 Å². The Morgan fingerprint density at radius 3 is 0.00781 bits per heavy atom. The maximum absolute atomic E-state index is 0. The summed E-state index contributed by atoms with van der Waals surface area (Å²) in [7, 11) is 0. The van der Waals surface area contributed by atoms with Gasteiger partial charge in [-0.05, 0) is 0 Å². The van der Waals surface area contributed by atoms with Gasteiger partial charge in [-0.3, -0.25) is 0 Å². The molecule has 0 amide bonds. The fourth-order valence-corrected chi connectivity index (χ4v) is 0. The topological polar surface area (TPSA) is 0 Å². The van der Waals surface area contributed by atoms with E-state index in [1.165, 1.54) is 0 Å². The fourth-order valence-electron chi connectivity index (χ4n) is 0. The predicted octanol–water partition coefficient (Wildman–Crippen LogP) is 0. The largest absolute Gasteiger partial charge is 0 e. The van der Waals surface area contributed by atoms with E-state index < -0.39 is 0 Å². The molecule has 0 nitrogen and oxygen atoms in total. The van der Waals surface area contributed by atoms with Crippen LogP contribution >= 0.6 is 0 Å². The molecule has 0 N–H and O–H groups in total. The van der Waals surface area contributed by atoms with Crippen molar-refractivity contribution in [2.45, 2.75) is 0 Å². The van der Waals surface area contributed by atoms with Crippen LogP contribution in [-0.4, -0.2) is 0 Å². The summed E-state index contributed by atoms with van der Waals surface area (Å²) in [5.41, 5.74) is 0. The molecule has 128 radical (unpaired) electrons. The molecule has 0 aromatic rings. The summed E-state index contributed by atoms with van der Waals surface area (Å²) in [6, 6.07) is 0. The second-order valence-corrected chi connectivity index (χ2v) is 0. The van der Waals surface area contributed by atoms with Gasteiger partial charge in [0, 0.05) is 4940 Å². The average Bonchev–Trinajstić information content (AvgIpc) is 0. The number of hydrogen-bond donors (Lipinski definition) is 0. The SMILES string of the molecule is [Tb].[Tb].[Tb].[Tb].[Tb].[Tb].[Tb].[Tb].[Tb].[Tb].[Tb].[Tb].[Tb].[Tb].[Tb].[Tb].[Tb].[Tb].[Tb].[Tb].[Tb].[Tb].[Tb].[Tb].[Tb].[Tb].[Tb].[Tb].[Tb].[Tb].[Tb].[Tb].[Tb].[Tb].[Tb].[Tb].[Tb].[Tb].[Tb].[Tb].[Tb].[Tb].[Tb].[Tb].[Tb].[Tb].[Tb].[Tb].[Tb].[Tb].[Tb].[Tb].[Tb].[Tb].[Tb].[Tb].[Tb].[Tb].[Tb].[Tb].[Tb].[Tb].[Tb].[Tb].[Tb].[Tb].[Tb].[Tb].[Tb].[Tb].[Tb].[Tb].[Tb].[Tb].[Tb].[Tb].[Tb].[Tb].[Tb].[Tb].[Tb].[Tb].[Tb].[Tb].[Tb].[Tb].[Tb].[Tb].[Tb].[Tb].[Tb].[Tb].[Tb].[Tb].[Tb].[Tb].[Tb].[Tb].[Tb].[Tb].[Tb].[Tb].[Tb].[Tb].[Tb].[Tb].[Tb].[Tb].[Tb].[Tb].[Tb].[Tb].[Tb].[Tb].[Tb].[Tb].[Tb].[Tb].[Tb].[Tb].[Tb].[Tb].[Tb].[Tb].[Tb].[Tb].[Tb].[Tb]. The Kier molecular flexibility index (Phi) is 6520. The van der Waals surface area contributed by atoms with E-state index >= 15 is 0 Å². The zero-order chi connectivity index (χ0) is 0. The first-order valence-electron chi connectivity index (χ1n) is 0. The minimum atomic E-state index is 0. The second-order valence-electron chi connectivity index (χ2n) is 0. The standard InChI is InChI=1S/128Tb. The molecule has 0 aliphatic heterocycles. The monoisotopic (exact) mass is 20300 g/mol. The number of hydrogen-bond acceptors (Lipinski definition) is 0. The first kappa shape index (κ1) is 918. The Hall–Kier alpha value is 165. The van der Waals surface area contributed by atoms with E-state index in [1.807, 2.05) is 0 Å². The third-order valence-corrected chi connectivity index (χ3v) is 0. The molecule has 0 atom stereocenters. The molecule has 0 heterocycles. The Bertz CT molecular complexity index is 0. The van der Waals surface area contributed by atoms with E-state index in [9.17, 15) is 0 Å². The molecule has 0 bridgehead atoms. The van der Waals surface area contributed by atoms with E-state index in [-0.39, 0.29) is 4940 Å². The minimum absolute atomic E-state index is 0. The predicted molar refractivity (Wildman–Crippen MR) is 0 cm³/mol. The van der Waals surface area contributed by atoms with Crippen molar-refractivity contribution in [3.8, 4) is 0 Å². The summed E-state index contributed by atoms with van der Waals surface area (Å²) in [4.78, 5) is 0. The van der Waals surface area contributed by atoms with Crippen molar-refractivity contribution in [3.63, 3.8) is 0 Å². The van der Waals surface area contributed by atoms with Gasteiger partial charge in [0.05, 0.1) is 0 Å². The fraction of sp³-hybridized carbons (Fsp3) is 0.